The fraction of sp³-hybridized carbons (Fsp3) is 0. The van der Waals surface area contributed by atoms with E-state index in [1.165, 1.54) is 12.1 Å². The molecule has 0 aliphatic carbocycles. The first-order valence-corrected chi connectivity index (χ1v) is 7.74. The number of nitrogens with zero attached hydrogens (tertiary/aromatic N) is 1. The zero-order valence-corrected chi connectivity index (χ0v) is 13.9. The van der Waals surface area contributed by atoms with Crippen LogP contribution in [0.1, 0.15) is 5.56 Å². The molecule has 5 nitrogen and oxygen atoms in total. The molecule has 0 saturated carbocycles. The molecule has 0 unspecified atom stereocenters. The van der Waals surface area contributed by atoms with E-state index >= 15 is 0 Å². The minimum atomic E-state index is -0.557. The minimum Gasteiger partial charge on any atom is -0.507 e. The van der Waals surface area contributed by atoms with Crippen LogP contribution >= 0.6 is 27.5 Å². The van der Waals surface area contributed by atoms with Crippen molar-refractivity contribution in [1.82, 2.24) is 5.32 Å². The number of aromatic hydroxyl groups is 1. The molecule has 0 aromatic heterocycles. The first-order chi connectivity index (χ1) is 11.0. The fourth-order valence-electron chi connectivity index (χ4n) is 2.16. The number of hydrogen-bond acceptors (Lipinski definition) is 3. The third kappa shape index (κ3) is 3.09. The van der Waals surface area contributed by atoms with Crippen LogP contribution in [0, 0.1) is 0 Å². The van der Waals surface area contributed by atoms with E-state index in [9.17, 15) is 14.7 Å². The van der Waals surface area contributed by atoms with E-state index < -0.39 is 11.9 Å². The van der Waals surface area contributed by atoms with Crippen molar-refractivity contribution >= 4 is 51.2 Å². The molecule has 23 heavy (non-hydrogen) atoms. The van der Waals surface area contributed by atoms with Crippen LogP contribution in [0.4, 0.5) is 10.5 Å². The summed E-state index contributed by atoms with van der Waals surface area (Å²) in [6, 6.07) is 10.6. The summed E-state index contributed by atoms with van der Waals surface area (Å²) in [5.74, 6) is -0.496. The highest BCUT2D eigenvalue weighted by Gasteiger charge is 2.34. The Morgan fingerprint density at radius 3 is 2.52 bits per heavy atom. The maximum absolute atomic E-state index is 12.4. The Hall–Kier alpha value is -2.31. The molecular formula is C16H10BrClN2O3. The summed E-state index contributed by atoms with van der Waals surface area (Å²) in [6.07, 6.45) is 1.43. The fourth-order valence-corrected chi connectivity index (χ4v) is 2.66. The Bertz CT molecular complexity index is 834. The van der Waals surface area contributed by atoms with E-state index in [0.29, 0.717) is 16.3 Å². The van der Waals surface area contributed by atoms with E-state index in [4.69, 9.17) is 11.6 Å². The van der Waals surface area contributed by atoms with E-state index in [1.54, 1.807) is 36.4 Å². The average Bonchev–Trinajstić information content (AvgIpc) is 2.79. The van der Waals surface area contributed by atoms with Crippen LogP contribution in [-0.4, -0.2) is 17.0 Å². The molecule has 116 valence electrons. The second-order valence-corrected chi connectivity index (χ2v) is 6.16. The normalized spacial score (nSPS) is 16.1. The molecule has 2 aromatic rings. The standard InChI is InChI=1S/C16H10BrClN2O3/c17-10-1-6-14(21)9(7-10)8-13-15(22)20(16(23)19-13)12-4-2-11(18)3-5-12/h1-8,21H,(H,19,23)/b13-8+. The van der Waals surface area contributed by atoms with Gasteiger partial charge in [-0.05, 0) is 48.5 Å². The third-order valence-corrected chi connectivity index (χ3v) is 4.00. The highest BCUT2D eigenvalue weighted by atomic mass is 79.9. The molecule has 7 heteroatoms. The van der Waals surface area contributed by atoms with Crippen LogP contribution in [0.15, 0.2) is 52.6 Å². The number of hydrogen-bond donors (Lipinski definition) is 2. The number of benzene rings is 2. The van der Waals surface area contributed by atoms with Gasteiger partial charge in [0, 0.05) is 15.1 Å². The van der Waals surface area contributed by atoms with Gasteiger partial charge in [-0.2, -0.15) is 0 Å². The molecule has 0 radical (unpaired) electrons. The summed E-state index contributed by atoms with van der Waals surface area (Å²) < 4.78 is 0.744. The number of halogens is 2. The molecule has 0 spiro atoms. The van der Waals surface area contributed by atoms with E-state index in [1.807, 2.05) is 0 Å². The highest BCUT2D eigenvalue weighted by Crippen LogP contribution is 2.27. The van der Waals surface area contributed by atoms with Gasteiger partial charge in [0.15, 0.2) is 0 Å². The van der Waals surface area contributed by atoms with E-state index in [-0.39, 0.29) is 11.4 Å². The lowest BCUT2D eigenvalue weighted by Crippen LogP contribution is -2.30. The number of imide groups is 1. The van der Waals surface area contributed by atoms with Gasteiger partial charge in [0.2, 0.25) is 0 Å². The van der Waals surface area contributed by atoms with Crippen LogP contribution in [0.3, 0.4) is 0 Å². The lowest BCUT2D eigenvalue weighted by Gasteiger charge is -2.11. The van der Waals surface area contributed by atoms with Gasteiger partial charge < -0.3 is 10.4 Å². The number of rotatable bonds is 2. The Kier molecular flexibility index (Phi) is 4.11. The van der Waals surface area contributed by atoms with Crippen LogP contribution in [0.5, 0.6) is 5.75 Å². The van der Waals surface area contributed by atoms with Gasteiger partial charge in [-0.25, -0.2) is 9.69 Å². The second-order valence-electron chi connectivity index (χ2n) is 4.81. The predicted octanol–water partition coefficient (Wildman–Crippen LogP) is 3.91. The van der Waals surface area contributed by atoms with Crippen molar-refractivity contribution in [2.24, 2.45) is 0 Å². The lowest BCUT2D eigenvalue weighted by atomic mass is 10.1. The van der Waals surface area contributed by atoms with Crippen molar-refractivity contribution in [3.8, 4) is 5.75 Å². The molecule has 0 bridgehead atoms. The van der Waals surface area contributed by atoms with E-state index in [2.05, 4.69) is 21.2 Å². The Morgan fingerprint density at radius 1 is 1.13 bits per heavy atom. The molecule has 1 fully saturated rings. The van der Waals surface area contributed by atoms with Crippen LogP contribution < -0.4 is 10.2 Å². The number of phenols is 1. The topological polar surface area (TPSA) is 69.6 Å². The first kappa shape index (κ1) is 15.6. The number of carbonyl (C=O) groups is 2. The maximum Gasteiger partial charge on any atom is 0.333 e. The lowest BCUT2D eigenvalue weighted by molar-refractivity contribution is -0.113. The molecule has 1 aliphatic heterocycles. The quantitative estimate of drug-likeness (QED) is 0.600. The minimum absolute atomic E-state index is 0.00712. The van der Waals surface area contributed by atoms with Crippen molar-refractivity contribution in [2.75, 3.05) is 4.90 Å². The highest BCUT2D eigenvalue weighted by molar-refractivity contribution is 9.10. The second kappa shape index (κ2) is 6.06. The summed E-state index contributed by atoms with van der Waals surface area (Å²) in [7, 11) is 0. The summed E-state index contributed by atoms with van der Waals surface area (Å²) >= 11 is 9.10. The number of phenolic OH excluding ortho intramolecular Hbond substituents is 1. The predicted molar refractivity (Wildman–Crippen MR) is 91.3 cm³/mol. The zero-order chi connectivity index (χ0) is 16.6. The SMILES string of the molecule is O=C1N/C(=C/c2cc(Br)ccc2O)C(=O)N1c1ccc(Cl)cc1. The summed E-state index contributed by atoms with van der Waals surface area (Å²) in [5.41, 5.74) is 0.915. The molecule has 1 saturated heterocycles. The molecule has 0 atom stereocenters. The van der Waals surface area contributed by atoms with Crippen molar-refractivity contribution < 1.29 is 14.7 Å². The first-order valence-electron chi connectivity index (χ1n) is 6.57. The van der Waals surface area contributed by atoms with Gasteiger partial charge in [0.25, 0.3) is 5.91 Å². The Labute approximate surface area is 145 Å². The number of anilines is 1. The average molecular weight is 394 g/mol. The largest absolute Gasteiger partial charge is 0.507 e. The Balaban J connectivity index is 1.96. The van der Waals surface area contributed by atoms with Crippen molar-refractivity contribution in [3.05, 3.63) is 63.2 Å². The number of nitrogens with one attached hydrogen (secondary N) is 1. The van der Waals surface area contributed by atoms with Crippen LogP contribution in [0.25, 0.3) is 6.08 Å². The molecule has 3 amide bonds. The van der Waals surface area contributed by atoms with Crippen molar-refractivity contribution in [1.29, 1.82) is 0 Å². The van der Waals surface area contributed by atoms with Gasteiger partial charge >= 0.3 is 6.03 Å². The smallest absolute Gasteiger partial charge is 0.333 e. The molecular weight excluding hydrogens is 384 g/mol. The van der Waals surface area contributed by atoms with Crippen LogP contribution in [-0.2, 0) is 4.79 Å². The molecule has 1 heterocycles. The van der Waals surface area contributed by atoms with Crippen LogP contribution in [0.2, 0.25) is 5.02 Å². The van der Waals surface area contributed by atoms with Gasteiger partial charge in [0.05, 0.1) is 5.69 Å². The number of urea groups is 1. The Morgan fingerprint density at radius 2 is 1.83 bits per heavy atom. The maximum atomic E-state index is 12.4. The van der Waals surface area contributed by atoms with Crippen molar-refractivity contribution in [3.63, 3.8) is 0 Å². The molecule has 3 rings (SSSR count). The van der Waals surface area contributed by atoms with Crippen molar-refractivity contribution in [2.45, 2.75) is 0 Å². The molecule has 2 N–H and O–H groups in total. The molecule has 1 aliphatic rings. The number of amides is 3. The van der Waals surface area contributed by atoms with Gasteiger partial charge in [-0.1, -0.05) is 27.5 Å². The van der Waals surface area contributed by atoms with Gasteiger partial charge in [0.1, 0.15) is 11.4 Å². The van der Waals surface area contributed by atoms with Gasteiger partial charge in [-0.3, -0.25) is 4.79 Å². The monoisotopic (exact) mass is 392 g/mol. The summed E-state index contributed by atoms with van der Waals surface area (Å²) in [5, 5.41) is 12.9. The summed E-state index contributed by atoms with van der Waals surface area (Å²) in [4.78, 5) is 25.5. The molecule has 2 aromatic carbocycles. The van der Waals surface area contributed by atoms with E-state index in [0.717, 1.165) is 9.37 Å². The number of carbonyl (C=O) groups excluding carboxylic acids is 2. The third-order valence-electron chi connectivity index (χ3n) is 3.25. The van der Waals surface area contributed by atoms with Gasteiger partial charge in [-0.15, -0.1) is 0 Å². The zero-order valence-electron chi connectivity index (χ0n) is 11.6. The summed E-state index contributed by atoms with van der Waals surface area (Å²) in [6.45, 7) is 0.